The van der Waals surface area contributed by atoms with Gasteiger partial charge < -0.3 is 9.97 Å². The zero-order chi connectivity index (χ0) is 55.9. The zero-order valence-corrected chi connectivity index (χ0v) is 43.0. The van der Waals surface area contributed by atoms with E-state index in [2.05, 4.69) is 156 Å². The maximum absolute atomic E-state index is 8.83. The van der Waals surface area contributed by atoms with Crippen molar-refractivity contribution in [3.05, 3.63) is 267 Å². The van der Waals surface area contributed by atoms with Gasteiger partial charge in [0.15, 0.2) is 0 Å². The Labute approximate surface area is 466 Å². The van der Waals surface area contributed by atoms with Gasteiger partial charge >= 0.3 is 0 Å². The van der Waals surface area contributed by atoms with Crippen LogP contribution in [0.25, 0.3) is 176 Å². The predicted molar refractivity (Wildman–Crippen MR) is 337 cm³/mol. The molecule has 4 heteroatoms. The van der Waals surface area contributed by atoms with Gasteiger partial charge in [-0.2, -0.15) is 0 Å². The molecule has 0 unspecified atom stereocenters. The summed E-state index contributed by atoms with van der Waals surface area (Å²) in [6.45, 7) is 0. The number of aromatic nitrogens is 4. The molecule has 1 aliphatic carbocycles. The molecule has 80 heavy (non-hydrogen) atoms. The minimum Gasteiger partial charge on any atom is -0.353 e. The highest BCUT2D eigenvalue weighted by atomic mass is 14.8. The van der Waals surface area contributed by atoms with Crippen LogP contribution in [0.15, 0.2) is 267 Å². The number of hydrogen-bond donors (Lipinski definition) is 2. The predicted octanol–water partition coefficient (Wildman–Crippen LogP) is 20.6. The van der Waals surface area contributed by atoms with E-state index in [1.807, 2.05) is 97.1 Å². The first-order chi connectivity index (χ1) is 41.2. The number of nitrogens with zero attached hydrogens (tertiary/aromatic N) is 2. The molecular formula is C76H46N4. The molecule has 0 spiro atoms. The summed E-state index contributed by atoms with van der Waals surface area (Å²) in [4.78, 5) is 20.6. The second kappa shape index (κ2) is 17.4. The first-order valence-corrected chi connectivity index (χ1v) is 27.1. The summed E-state index contributed by atoms with van der Waals surface area (Å²) in [6, 6.07) is 85.2. The van der Waals surface area contributed by atoms with Gasteiger partial charge in [0.1, 0.15) is 0 Å². The number of fused-ring (bicyclic) bond motifs is 4. The third-order valence-corrected chi connectivity index (χ3v) is 16.6. The summed E-state index contributed by atoms with van der Waals surface area (Å²) in [7, 11) is 0. The fourth-order valence-electron chi connectivity index (χ4n) is 12.9. The third kappa shape index (κ3) is 6.76. The van der Waals surface area contributed by atoms with Crippen LogP contribution in [0.4, 0.5) is 0 Å². The number of aromatic amines is 2. The van der Waals surface area contributed by atoms with E-state index in [4.69, 9.17) is 15.5 Å². The number of rotatable bonds is 4. The van der Waals surface area contributed by atoms with Crippen LogP contribution in [-0.2, 0) is 0 Å². The molecule has 4 nitrogen and oxygen atoms in total. The second-order valence-electron chi connectivity index (χ2n) is 21.0. The topological polar surface area (TPSA) is 57.4 Å². The molecule has 12 aromatic carbocycles. The van der Waals surface area contributed by atoms with Crippen molar-refractivity contribution in [3.8, 4) is 89.5 Å². The van der Waals surface area contributed by atoms with Crippen molar-refractivity contribution in [3.63, 3.8) is 0 Å². The standard InChI is InChI=1S/C76H46N4/c1-5-21-45(22-6-1)65-69-57-37-49-29-13-15-31-51(49)39-59(57)71(77-69)66(46-23-7-2-8-24-46)73-61-41-53-33-17-19-35-55(53)43-63(61)75(79-73)68(48-27-11-4-12-28-48)76-64-44-56-36-20-18-34-54(56)42-62(64)74(80-76)67(47-25-9-3-10-26-47)72-60-40-52-32-16-14-30-50(52)38-58(60)70(65)78-72/h1-44,77,80H/i1D,2D,3D,4D. The van der Waals surface area contributed by atoms with Gasteiger partial charge in [-0.3, -0.25) is 0 Å². The fraction of sp³-hybridized carbons (Fsp3) is 0. The molecule has 0 atom stereocenters. The first kappa shape index (κ1) is 40.6. The van der Waals surface area contributed by atoms with Crippen LogP contribution in [0.2, 0.25) is 0 Å². The van der Waals surface area contributed by atoms with Crippen molar-refractivity contribution in [2.24, 2.45) is 0 Å². The molecule has 2 aliphatic heterocycles. The van der Waals surface area contributed by atoms with Crippen LogP contribution in [0, 0.1) is 0 Å². The second-order valence-corrected chi connectivity index (χ2v) is 21.0. The normalized spacial score (nSPS) is 12.7. The summed E-state index contributed by atoms with van der Waals surface area (Å²) >= 11 is 0. The monoisotopic (exact) mass is 1020 g/mol. The number of nitrogens with one attached hydrogen (secondary N) is 2. The number of hydrogen-bond acceptors (Lipinski definition) is 2. The van der Waals surface area contributed by atoms with Crippen molar-refractivity contribution in [2.75, 3.05) is 0 Å². The van der Waals surface area contributed by atoms with Crippen LogP contribution in [-0.4, -0.2) is 19.9 Å². The van der Waals surface area contributed by atoms with E-state index in [1.54, 1.807) is 0 Å². The molecule has 0 amide bonds. The Kier molecular flexibility index (Phi) is 8.83. The highest BCUT2D eigenvalue weighted by Gasteiger charge is 2.31. The molecule has 3 aliphatic rings. The average molecular weight is 1020 g/mol. The van der Waals surface area contributed by atoms with Gasteiger partial charge in [0, 0.05) is 66.1 Å². The Hall–Kier alpha value is -10.7. The smallest absolute Gasteiger partial charge is 0.0816 e. The summed E-state index contributed by atoms with van der Waals surface area (Å²) in [6.07, 6.45) is 0. The molecule has 370 valence electrons. The van der Waals surface area contributed by atoms with Crippen LogP contribution < -0.4 is 0 Å². The van der Waals surface area contributed by atoms with Crippen molar-refractivity contribution in [1.82, 2.24) is 19.9 Å². The maximum atomic E-state index is 8.83. The molecule has 0 fully saturated rings. The Balaban J connectivity index is 1.23. The lowest BCUT2D eigenvalue weighted by atomic mass is 9.91. The van der Waals surface area contributed by atoms with Crippen LogP contribution in [0.3, 0.4) is 0 Å². The van der Waals surface area contributed by atoms with Gasteiger partial charge in [0.2, 0.25) is 0 Å². The van der Waals surface area contributed by atoms with Crippen molar-refractivity contribution >= 4 is 86.7 Å². The lowest BCUT2D eigenvalue weighted by Crippen LogP contribution is -1.87. The molecule has 4 heterocycles. The molecule has 0 saturated carbocycles. The molecule has 0 saturated heterocycles. The summed E-state index contributed by atoms with van der Waals surface area (Å²) < 4.78 is 35.3. The van der Waals surface area contributed by atoms with Crippen molar-refractivity contribution in [2.45, 2.75) is 0 Å². The number of benzene rings is 12. The van der Waals surface area contributed by atoms with Crippen molar-refractivity contribution < 1.29 is 5.48 Å². The minimum absolute atomic E-state index is 0.399. The molecule has 17 rings (SSSR count). The molecule has 8 bridgehead atoms. The van der Waals surface area contributed by atoms with E-state index < -0.39 is 0 Å². The third-order valence-electron chi connectivity index (χ3n) is 16.6. The van der Waals surface area contributed by atoms with Crippen LogP contribution >= 0.6 is 0 Å². The fourth-order valence-corrected chi connectivity index (χ4v) is 12.9. The van der Waals surface area contributed by atoms with Gasteiger partial charge in [-0.15, -0.1) is 0 Å². The average Bonchev–Trinajstić information content (AvgIpc) is 1.80. The van der Waals surface area contributed by atoms with Crippen molar-refractivity contribution in [1.29, 1.82) is 0 Å². The van der Waals surface area contributed by atoms with Gasteiger partial charge in [-0.1, -0.05) is 218 Å². The van der Waals surface area contributed by atoms with E-state index in [0.717, 1.165) is 176 Å². The molecular weight excluding hydrogens is 969 g/mol. The summed E-state index contributed by atoms with van der Waals surface area (Å²) in [5.74, 6) is 0. The Bertz CT molecular complexity index is 4830. The maximum Gasteiger partial charge on any atom is 0.0816 e. The Morgan fingerprint density at radius 1 is 0.237 bits per heavy atom. The Morgan fingerprint density at radius 3 is 0.650 bits per heavy atom. The quantitative estimate of drug-likeness (QED) is 0.185. The summed E-state index contributed by atoms with van der Waals surface area (Å²) in [5.41, 5.74) is 17.3. The van der Waals surface area contributed by atoms with E-state index in [1.165, 1.54) is 0 Å². The SMILES string of the molecule is [2H]c1ccc(-c2c3nc(c(-c4ccc([2H])cc4)c4[nH]c(c(-c5ccc([2H])cc5)c5nc(c(-c6ccc([2H])cc6)c6[nH]c2c2cc7ccccc7cc62)-c2cc6ccccc6cc2-5)c2cc5ccccc5cc42)-c2cc4ccccc4cc2-3)cc1. The van der Waals surface area contributed by atoms with Gasteiger partial charge in [0.05, 0.1) is 50.3 Å². The van der Waals surface area contributed by atoms with E-state index in [-0.39, 0.29) is 0 Å². The molecule has 2 aromatic heterocycles. The van der Waals surface area contributed by atoms with Gasteiger partial charge in [-0.05, 0) is 114 Å². The summed E-state index contributed by atoms with van der Waals surface area (Å²) in [5, 5.41) is 12.5. The van der Waals surface area contributed by atoms with E-state index >= 15 is 0 Å². The van der Waals surface area contributed by atoms with Gasteiger partial charge in [-0.25, -0.2) is 9.97 Å². The molecule has 0 radical (unpaired) electrons. The van der Waals surface area contributed by atoms with E-state index in [9.17, 15) is 0 Å². The van der Waals surface area contributed by atoms with Gasteiger partial charge in [0.25, 0.3) is 0 Å². The number of H-pyrrole nitrogens is 2. The minimum atomic E-state index is 0.399. The lowest BCUT2D eigenvalue weighted by Gasteiger charge is -2.10. The van der Waals surface area contributed by atoms with Crippen LogP contribution in [0.1, 0.15) is 5.48 Å². The molecule has 2 N–H and O–H groups in total. The molecule has 14 aromatic rings. The zero-order valence-electron chi connectivity index (χ0n) is 47.0. The highest BCUT2D eigenvalue weighted by Crippen LogP contribution is 2.53. The first-order valence-electron chi connectivity index (χ1n) is 29.1. The lowest BCUT2D eigenvalue weighted by molar-refractivity contribution is 1.39. The van der Waals surface area contributed by atoms with E-state index in [0.29, 0.717) is 24.2 Å². The Morgan fingerprint density at radius 2 is 0.438 bits per heavy atom. The van der Waals surface area contributed by atoms with Crippen LogP contribution in [0.5, 0.6) is 0 Å². The highest BCUT2D eigenvalue weighted by molar-refractivity contribution is 6.25. The largest absolute Gasteiger partial charge is 0.353 e.